The summed E-state index contributed by atoms with van der Waals surface area (Å²) in [5.74, 6) is 0.804. The summed E-state index contributed by atoms with van der Waals surface area (Å²) >= 11 is 1.32. The van der Waals surface area contributed by atoms with Crippen LogP contribution in [-0.2, 0) is 16.6 Å². The maximum absolute atomic E-state index is 12.1. The number of nitrogens with one attached hydrogen (secondary N) is 2. The number of benzene rings is 2. The van der Waals surface area contributed by atoms with Crippen LogP contribution in [-0.4, -0.2) is 32.3 Å². The molecule has 0 bridgehead atoms. The maximum Gasteiger partial charge on any atom is 0.234 e. The fraction of sp³-hybridized carbons (Fsp3) is 0.200. The lowest BCUT2D eigenvalue weighted by Gasteiger charge is -2.07. The molecular formula is C20H21N5O2S. The molecule has 0 saturated heterocycles. The first-order valence-electron chi connectivity index (χ1n) is 8.84. The van der Waals surface area contributed by atoms with E-state index in [4.69, 9.17) is 0 Å². The highest BCUT2D eigenvalue weighted by Crippen LogP contribution is 2.24. The van der Waals surface area contributed by atoms with Crippen LogP contribution in [0.15, 0.2) is 59.8 Å². The molecule has 3 aromatic rings. The van der Waals surface area contributed by atoms with E-state index in [2.05, 4.69) is 20.8 Å². The zero-order valence-corrected chi connectivity index (χ0v) is 16.5. The number of rotatable bonds is 7. The summed E-state index contributed by atoms with van der Waals surface area (Å²) in [7, 11) is 1.86. The highest BCUT2D eigenvalue weighted by molar-refractivity contribution is 7.99. The van der Waals surface area contributed by atoms with Crippen molar-refractivity contribution >= 4 is 35.0 Å². The van der Waals surface area contributed by atoms with Crippen LogP contribution in [0.1, 0.15) is 13.3 Å². The Bertz CT molecular complexity index is 954. The van der Waals surface area contributed by atoms with Crippen LogP contribution in [0.25, 0.3) is 11.4 Å². The predicted octanol–water partition coefficient (Wildman–Crippen LogP) is 3.56. The van der Waals surface area contributed by atoms with Gasteiger partial charge in [0.1, 0.15) is 0 Å². The first-order chi connectivity index (χ1) is 13.6. The van der Waals surface area contributed by atoms with Crippen LogP contribution >= 0.6 is 11.8 Å². The van der Waals surface area contributed by atoms with Crippen LogP contribution in [0.2, 0.25) is 0 Å². The smallest absolute Gasteiger partial charge is 0.234 e. The van der Waals surface area contributed by atoms with Gasteiger partial charge in [-0.15, -0.1) is 10.2 Å². The molecule has 0 aliphatic heterocycles. The van der Waals surface area contributed by atoms with Gasteiger partial charge < -0.3 is 15.2 Å². The van der Waals surface area contributed by atoms with E-state index in [9.17, 15) is 9.59 Å². The number of thioether (sulfide) groups is 1. The van der Waals surface area contributed by atoms with Gasteiger partial charge in [-0.2, -0.15) is 0 Å². The van der Waals surface area contributed by atoms with E-state index in [0.29, 0.717) is 17.4 Å². The molecule has 0 fully saturated rings. The number of para-hydroxylation sites is 1. The molecule has 0 saturated carbocycles. The molecule has 2 amide bonds. The van der Waals surface area contributed by atoms with Crippen LogP contribution in [0.3, 0.4) is 0 Å². The van der Waals surface area contributed by atoms with Crippen LogP contribution < -0.4 is 10.6 Å². The minimum atomic E-state index is -0.100. The SMILES string of the molecule is CCC(=O)Nc1ccc(-c2nnc(SCC(=O)Nc3ccccc3)n2C)cc1. The lowest BCUT2D eigenvalue weighted by Crippen LogP contribution is -2.14. The van der Waals surface area contributed by atoms with Gasteiger partial charge in [0.15, 0.2) is 11.0 Å². The zero-order chi connectivity index (χ0) is 19.9. The monoisotopic (exact) mass is 395 g/mol. The fourth-order valence-electron chi connectivity index (χ4n) is 2.49. The summed E-state index contributed by atoms with van der Waals surface area (Å²) in [4.78, 5) is 23.6. The van der Waals surface area contributed by atoms with E-state index in [1.165, 1.54) is 11.8 Å². The Morgan fingerprint density at radius 3 is 2.25 bits per heavy atom. The molecule has 3 rings (SSSR count). The minimum Gasteiger partial charge on any atom is -0.326 e. The van der Waals surface area contributed by atoms with E-state index in [-0.39, 0.29) is 17.6 Å². The third-order valence-electron chi connectivity index (χ3n) is 3.97. The lowest BCUT2D eigenvalue weighted by atomic mass is 10.2. The van der Waals surface area contributed by atoms with Gasteiger partial charge in [0.05, 0.1) is 5.75 Å². The van der Waals surface area contributed by atoms with E-state index in [0.717, 1.165) is 16.9 Å². The second-order valence-corrected chi connectivity index (χ2v) is 6.99. The third-order valence-corrected chi connectivity index (χ3v) is 4.99. The van der Waals surface area contributed by atoms with Crippen molar-refractivity contribution in [3.8, 4) is 11.4 Å². The number of anilines is 2. The average Bonchev–Trinajstić information content (AvgIpc) is 3.08. The van der Waals surface area contributed by atoms with Crippen molar-refractivity contribution in [3.63, 3.8) is 0 Å². The molecule has 1 aromatic heterocycles. The molecule has 0 atom stereocenters. The summed E-state index contributed by atoms with van der Waals surface area (Å²) in [5.41, 5.74) is 2.39. The second-order valence-electron chi connectivity index (χ2n) is 6.05. The highest BCUT2D eigenvalue weighted by atomic mass is 32.2. The Balaban J connectivity index is 1.62. The Morgan fingerprint density at radius 1 is 0.929 bits per heavy atom. The summed E-state index contributed by atoms with van der Waals surface area (Å²) in [5, 5.41) is 14.7. The quantitative estimate of drug-likeness (QED) is 0.597. The Morgan fingerprint density at radius 2 is 1.57 bits per heavy atom. The standard InChI is InChI=1S/C20H21N5O2S/c1-3-17(26)21-16-11-9-14(10-12-16)19-23-24-20(25(19)2)28-13-18(27)22-15-7-5-4-6-8-15/h4-12H,3,13H2,1-2H3,(H,21,26)(H,22,27). The normalized spacial score (nSPS) is 10.5. The molecule has 0 unspecified atom stereocenters. The summed E-state index contributed by atoms with van der Waals surface area (Å²) in [6.07, 6.45) is 0.434. The predicted molar refractivity (Wildman–Crippen MR) is 111 cm³/mol. The van der Waals surface area contributed by atoms with Gasteiger partial charge in [-0.1, -0.05) is 36.9 Å². The molecule has 2 N–H and O–H groups in total. The minimum absolute atomic E-state index is 0.0288. The second kappa shape index (κ2) is 9.18. The molecule has 0 spiro atoms. The van der Waals surface area contributed by atoms with Gasteiger partial charge in [0.25, 0.3) is 0 Å². The first-order valence-corrected chi connectivity index (χ1v) is 9.82. The molecule has 144 valence electrons. The number of amides is 2. The maximum atomic E-state index is 12.1. The van der Waals surface area contributed by atoms with Gasteiger partial charge in [0.2, 0.25) is 11.8 Å². The lowest BCUT2D eigenvalue weighted by molar-refractivity contribution is -0.116. The molecular weight excluding hydrogens is 374 g/mol. The molecule has 0 radical (unpaired) electrons. The molecule has 7 nitrogen and oxygen atoms in total. The van der Waals surface area contributed by atoms with Crippen molar-refractivity contribution in [3.05, 3.63) is 54.6 Å². The van der Waals surface area contributed by atoms with E-state index >= 15 is 0 Å². The molecule has 0 aliphatic carbocycles. The number of nitrogens with zero attached hydrogens (tertiary/aromatic N) is 3. The van der Waals surface area contributed by atoms with Crippen LogP contribution in [0.4, 0.5) is 11.4 Å². The summed E-state index contributed by atoms with van der Waals surface area (Å²) in [6.45, 7) is 1.81. The average molecular weight is 395 g/mol. The molecule has 2 aromatic carbocycles. The van der Waals surface area contributed by atoms with Gasteiger partial charge >= 0.3 is 0 Å². The Kier molecular flexibility index (Phi) is 6.44. The van der Waals surface area contributed by atoms with Crippen molar-refractivity contribution in [2.24, 2.45) is 7.05 Å². The van der Waals surface area contributed by atoms with E-state index < -0.39 is 0 Å². The van der Waals surface area contributed by atoms with Crippen molar-refractivity contribution in [2.75, 3.05) is 16.4 Å². The topological polar surface area (TPSA) is 88.9 Å². The van der Waals surface area contributed by atoms with Crippen molar-refractivity contribution in [1.82, 2.24) is 14.8 Å². The van der Waals surface area contributed by atoms with Gasteiger partial charge in [0, 0.05) is 30.4 Å². The molecule has 1 heterocycles. The number of hydrogen-bond donors (Lipinski definition) is 2. The highest BCUT2D eigenvalue weighted by Gasteiger charge is 2.13. The van der Waals surface area contributed by atoms with Gasteiger partial charge in [-0.3, -0.25) is 9.59 Å². The van der Waals surface area contributed by atoms with Crippen molar-refractivity contribution in [2.45, 2.75) is 18.5 Å². The molecule has 28 heavy (non-hydrogen) atoms. The Labute approximate surface area is 167 Å². The van der Waals surface area contributed by atoms with Gasteiger partial charge in [-0.05, 0) is 36.4 Å². The van der Waals surface area contributed by atoms with Gasteiger partial charge in [-0.25, -0.2) is 0 Å². The largest absolute Gasteiger partial charge is 0.326 e. The number of carbonyl (C=O) groups excluding carboxylic acids is 2. The Hall–Kier alpha value is -3.13. The van der Waals surface area contributed by atoms with Crippen molar-refractivity contribution in [1.29, 1.82) is 0 Å². The molecule has 0 aliphatic rings. The van der Waals surface area contributed by atoms with Crippen LogP contribution in [0.5, 0.6) is 0 Å². The van der Waals surface area contributed by atoms with Crippen molar-refractivity contribution < 1.29 is 9.59 Å². The first kappa shape index (κ1) is 19.6. The molecule has 8 heteroatoms. The third kappa shape index (κ3) is 4.98. The fourth-order valence-corrected chi connectivity index (χ4v) is 3.20. The zero-order valence-electron chi connectivity index (χ0n) is 15.7. The summed E-state index contributed by atoms with van der Waals surface area (Å²) < 4.78 is 1.85. The number of aromatic nitrogens is 3. The number of carbonyl (C=O) groups is 2. The number of hydrogen-bond acceptors (Lipinski definition) is 5. The van der Waals surface area contributed by atoms with Crippen LogP contribution in [0, 0.1) is 0 Å². The summed E-state index contributed by atoms with van der Waals surface area (Å²) in [6, 6.07) is 16.8. The van der Waals surface area contributed by atoms with E-state index in [1.807, 2.05) is 73.1 Å². The van der Waals surface area contributed by atoms with E-state index in [1.54, 1.807) is 0 Å².